The van der Waals surface area contributed by atoms with Gasteiger partial charge in [-0.15, -0.1) is 11.6 Å². The average Bonchev–Trinajstić information content (AvgIpc) is 2.29. The molecule has 88 valence electrons. The monoisotopic (exact) mass is 270 g/mol. The van der Waals surface area contributed by atoms with Gasteiger partial charge in [0.25, 0.3) is 0 Å². The Hall–Kier alpha value is -1.25. The van der Waals surface area contributed by atoms with E-state index in [0.717, 1.165) is 5.56 Å². The Labute approximate surface area is 109 Å². The normalized spacial score (nSPS) is 10.3. The maximum atomic E-state index is 12.9. The second-order valence-electron chi connectivity index (χ2n) is 3.45. The van der Waals surface area contributed by atoms with Gasteiger partial charge in [-0.2, -0.15) is 0 Å². The predicted octanol–water partition coefficient (Wildman–Crippen LogP) is 5.01. The van der Waals surface area contributed by atoms with Crippen molar-refractivity contribution >= 4 is 23.2 Å². The molecular formula is C13H9Cl2FO. The third-order valence-corrected chi connectivity index (χ3v) is 2.84. The molecule has 0 atom stereocenters. The van der Waals surface area contributed by atoms with Gasteiger partial charge in [0, 0.05) is 17.0 Å². The van der Waals surface area contributed by atoms with Gasteiger partial charge in [-0.05, 0) is 29.8 Å². The van der Waals surface area contributed by atoms with Crippen molar-refractivity contribution in [2.45, 2.75) is 5.88 Å². The highest BCUT2D eigenvalue weighted by Gasteiger charge is 2.03. The summed E-state index contributed by atoms with van der Waals surface area (Å²) in [7, 11) is 0. The molecule has 0 bridgehead atoms. The van der Waals surface area contributed by atoms with Crippen LogP contribution in [-0.2, 0) is 5.88 Å². The lowest BCUT2D eigenvalue weighted by atomic mass is 10.2. The van der Waals surface area contributed by atoms with E-state index in [4.69, 9.17) is 27.9 Å². The molecule has 0 saturated heterocycles. The quantitative estimate of drug-likeness (QED) is 0.713. The fraction of sp³-hybridized carbons (Fsp3) is 0.0769. The van der Waals surface area contributed by atoms with Crippen molar-refractivity contribution in [3.05, 3.63) is 58.9 Å². The van der Waals surface area contributed by atoms with Crippen LogP contribution in [0.3, 0.4) is 0 Å². The number of hydrogen-bond donors (Lipinski definition) is 0. The van der Waals surface area contributed by atoms with E-state index < -0.39 is 0 Å². The van der Waals surface area contributed by atoms with Crippen LogP contribution in [0.5, 0.6) is 11.5 Å². The maximum Gasteiger partial charge on any atom is 0.130 e. The van der Waals surface area contributed by atoms with Gasteiger partial charge in [0.15, 0.2) is 0 Å². The third kappa shape index (κ3) is 3.11. The fourth-order valence-electron chi connectivity index (χ4n) is 1.37. The second-order valence-corrected chi connectivity index (χ2v) is 4.12. The number of benzene rings is 2. The zero-order valence-electron chi connectivity index (χ0n) is 8.79. The number of alkyl halides is 1. The molecule has 0 heterocycles. The summed E-state index contributed by atoms with van der Waals surface area (Å²) in [6.45, 7) is 0. The van der Waals surface area contributed by atoms with Crippen LogP contribution in [-0.4, -0.2) is 0 Å². The molecule has 0 saturated carbocycles. The van der Waals surface area contributed by atoms with E-state index in [1.807, 2.05) is 0 Å². The summed E-state index contributed by atoms with van der Waals surface area (Å²) in [6, 6.07) is 11.1. The van der Waals surface area contributed by atoms with Crippen LogP contribution < -0.4 is 4.74 Å². The summed E-state index contributed by atoms with van der Waals surface area (Å²) >= 11 is 11.7. The number of rotatable bonds is 3. The number of hydrogen-bond acceptors (Lipinski definition) is 1. The van der Waals surface area contributed by atoms with E-state index in [1.165, 1.54) is 12.1 Å². The van der Waals surface area contributed by atoms with Gasteiger partial charge in [0.05, 0.1) is 0 Å². The Morgan fingerprint density at radius 1 is 1.06 bits per heavy atom. The van der Waals surface area contributed by atoms with E-state index in [2.05, 4.69) is 0 Å². The Morgan fingerprint density at radius 2 is 1.82 bits per heavy atom. The standard InChI is InChI=1S/C13H9Cl2FO/c14-8-9-4-5-12(7-13(9)15)17-11-3-1-2-10(16)6-11/h1-7H,8H2. The Balaban J connectivity index is 2.22. The summed E-state index contributed by atoms with van der Waals surface area (Å²) < 4.78 is 18.4. The van der Waals surface area contributed by atoms with E-state index in [1.54, 1.807) is 30.3 Å². The molecule has 2 aromatic rings. The van der Waals surface area contributed by atoms with E-state index >= 15 is 0 Å². The average molecular weight is 271 g/mol. The van der Waals surface area contributed by atoms with Crippen LogP contribution in [0.25, 0.3) is 0 Å². The number of ether oxygens (including phenoxy) is 1. The van der Waals surface area contributed by atoms with Crippen LogP contribution in [0.2, 0.25) is 5.02 Å². The van der Waals surface area contributed by atoms with Gasteiger partial charge in [0.2, 0.25) is 0 Å². The SMILES string of the molecule is Fc1cccc(Oc2ccc(CCl)c(Cl)c2)c1. The van der Waals surface area contributed by atoms with Crippen LogP contribution >= 0.6 is 23.2 Å². The zero-order chi connectivity index (χ0) is 12.3. The first-order valence-corrected chi connectivity index (χ1v) is 5.88. The lowest BCUT2D eigenvalue weighted by Crippen LogP contribution is -1.87. The first kappa shape index (κ1) is 12.2. The molecule has 0 fully saturated rings. The van der Waals surface area contributed by atoms with Crippen LogP contribution in [0.15, 0.2) is 42.5 Å². The molecule has 0 unspecified atom stereocenters. The first-order valence-electron chi connectivity index (χ1n) is 4.97. The minimum Gasteiger partial charge on any atom is -0.457 e. The molecule has 2 rings (SSSR count). The van der Waals surface area contributed by atoms with Crippen LogP contribution in [0.1, 0.15) is 5.56 Å². The van der Waals surface area contributed by atoms with Crippen molar-refractivity contribution in [3.8, 4) is 11.5 Å². The molecule has 0 amide bonds. The minimum atomic E-state index is -0.342. The van der Waals surface area contributed by atoms with Crippen molar-refractivity contribution in [1.29, 1.82) is 0 Å². The molecule has 0 aromatic heterocycles. The Bertz CT molecular complexity index is 529. The van der Waals surface area contributed by atoms with E-state index in [0.29, 0.717) is 22.4 Å². The number of halogens is 3. The Morgan fingerprint density at radius 3 is 2.47 bits per heavy atom. The maximum absolute atomic E-state index is 12.9. The predicted molar refractivity (Wildman–Crippen MR) is 67.5 cm³/mol. The molecule has 17 heavy (non-hydrogen) atoms. The van der Waals surface area contributed by atoms with Crippen molar-refractivity contribution in [2.24, 2.45) is 0 Å². The highest BCUT2D eigenvalue weighted by atomic mass is 35.5. The first-order chi connectivity index (χ1) is 8.19. The van der Waals surface area contributed by atoms with Crippen molar-refractivity contribution in [3.63, 3.8) is 0 Å². The van der Waals surface area contributed by atoms with Crippen molar-refractivity contribution < 1.29 is 9.13 Å². The second kappa shape index (κ2) is 5.39. The minimum absolute atomic E-state index is 0.342. The molecule has 0 aliphatic rings. The topological polar surface area (TPSA) is 9.23 Å². The largest absolute Gasteiger partial charge is 0.457 e. The van der Waals surface area contributed by atoms with E-state index in [-0.39, 0.29) is 5.82 Å². The molecule has 0 spiro atoms. The Kier molecular flexibility index (Phi) is 3.87. The summed E-state index contributed by atoms with van der Waals surface area (Å²) in [6.07, 6.45) is 0. The van der Waals surface area contributed by atoms with Gasteiger partial charge in [0.1, 0.15) is 17.3 Å². The van der Waals surface area contributed by atoms with Crippen LogP contribution in [0, 0.1) is 5.82 Å². The molecule has 0 aliphatic heterocycles. The fourth-order valence-corrected chi connectivity index (χ4v) is 1.91. The molecular weight excluding hydrogens is 262 g/mol. The van der Waals surface area contributed by atoms with Crippen molar-refractivity contribution in [2.75, 3.05) is 0 Å². The van der Waals surface area contributed by atoms with E-state index in [9.17, 15) is 4.39 Å². The van der Waals surface area contributed by atoms with Crippen LogP contribution in [0.4, 0.5) is 4.39 Å². The van der Waals surface area contributed by atoms with Gasteiger partial charge >= 0.3 is 0 Å². The highest BCUT2D eigenvalue weighted by Crippen LogP contribution is 2.27. The summed E-state index contributed by atoms with van der Waals surface area (Å²) in [5.74, 6) is 0.985. The molecule has 4 heteroatoms. The van der Waals surface area contributed by atoms with Crippen molar-refractivity contribution in [1.82, 2.24) is 0 Å². The molecule has 1 nitrogen and oxygen atoms in total. The molecule has 0 aliphatic carbocycles. The van der Waals surface area contributed by atoms with Gasteiger partial charge in [-0.1, -0.05) is 23.7 Å². The van der Waals surface area contributed by atoms with Gasteiger partial charge < -0.3 is 4.74 Å². The molecule has 0 radical (unpaired) electrons. The summed E-state index contributed by atoms with van der Waals surface area (Å²) in [4.78, 5) is 0. The molecule has 0 N–H and O–H groups in total. The summed E-state index contributed by atoms with van der Waals surface area (Å²) in [5, 5.41) is 0.536. The lowest BCUT2D eigenvalue weighted by molar-refractivity contribution is 0.476. The highest BCUT2D eigenvalue weighted by molar-refractivity contribution is 6.32. The zero-order valence-corrected chi connectivity index (χ0v) is 10.3. The summed E-state index contributed by atoms with van der Waals surface area (Å²) in [5.41, 5.74) is 0.833. The van der Waals surface area contributed by atoms with Gasteiger partial charge in [-0.25, -0.2) is 4.39 Å². The third-order valence-electron chi connectivity index (χ3n) is 2.20. The van der Waals surface area contributed by atoms with Gasteiger partial charge in [-0.3, -0.25) is 0 Å². The lowest BCUT2D eigenvalue weighted by Gasteiger charge is -2.07. The molecule has 2 aromatic carbocycles. The smallest absolute Gasteiger partial charge is 0.130 e.